The predicted molar refractivity (Wildman–Crippen MR) is 68.3 cm³/mol. The third-order valence-electron chi connectivity index (χ3n) is 2.21. The third-order valence-corrected chi connectivity index (χ3v) is 2.60. The molecule has 0 bridgehead atoms. The van der Waals surface area contributed by atoms with Gasteiger partial charge in [-0.25, -0.2) is 0 Å². The Labute approximate surface area is 106 Å². The highest BCUT2D eigenvalue weighted by Crippen LogP contribution is 2.19. The van der Waals surface area contributed by atoms with Crippen LogP contribution >= 0.6 is 12.6 Å². The van der Waals surface area contributed by atoms with Gasteiger partial charge >= 0.3 is 5.97 Å². The van der Waals surface area contributed by atoms with Crippen molar-refractivity contribution in [1.82, 2.24) is 0 Å². The second-order valence-electron chi connectivity index (χ2n) is 3.50. The van der Waals surface area contributed by atoms with E-state index in [-0.39, 0.29) is 24.6 Å². The van der Waals surface area contributed by atoms with Crippen molar-refractivity contribution < 1.29 is 14.3 Å². The number of nitrogen functional groups attached to an aromatic ring is 1. The van der Waals surface area contributed by atoms with E-state index in [1.807, 2.05) is 0 Å². The van der Waals surface area contributed by atoms with E-state index >= 15 is 0 Å². The lowest BCUT2D eigenvalue weighted by Crippen LogP contribution is -2.08. The van der Waals surface area contributed by atoms with Gasteiger partial charge in [0.05, 0.1) is 13.0 Å². The summed E-state index contributed by atoms with van der Waals surface area (Å²) in [6.45, 7) is 2.06. The zero-order chi connectivity index (χ0) is 12.8. The lowest BCUT2D eigenvalue weighted by atomic mass is 10.1. The smallest absolute Gasteiger partial charge is 0.306 e. The fourth-order valence-corrected chi connectivity index (χ4v) is 1.52. The molecule has 0 heterocycles. The number of Topliss-reactive ketones (excluding diaryl/α,β-unsaturated/α-hetero) is 1. The van der Waals surface area contributed by atoms with E-state index in [4.69, 9.17) is 10.5 Å². The number of ether oxygens (including phenoxy) is 1. The van der Waals surface area contributed by atoms with Crippen LogP contribution in [0.1, 0.15) is 30.1 Å². The van der Waals surface area contributed by atoms with Gasteiger partial charge in [-0.05, 0) is 25.1 Å². The molecular weight excluding hydrogens is 238 g/mol. The molecule has 5 heteroatoms. The Bertz CT molecular complexity index is 432. The molecule has 0 fully saturated rings. The van der Waals surface area contributed by atoms with Crippen molar-refractivity contribution in [3.8, 4) is 0 Å². The molecule has 0 aliphatic carbocycles. The number of nitrogens with two attached hydrogens (primary N) is 1. The zero-order valence-corrected chi connectivity index (χ0v) is 10.5. The molecule has 0 radical (unpaired) electrons. The first kappa shape index (κ1) is 13.6. The van der Waals surface area contributed by atoms with Crippen molar-refractivity contribution in [2.45, 2.75) is 24.7 Å². The van der Waals surface area contributed by atoms with Gasteiger partial charge in [-0.15, -0.1) is 12.6 Å². The first-order valence-corrected chi connectivity index (χ1v) is 5.76. The minimum atomic E-state index is -0.359. The molecular formula is C12H15NO3S. The van der Waals surface area contributed by atoms with Crippen molar-refractivity contribution in [3.63, 3.8) is 0 Å². The number of thiol groups is 1. The van der Waals surface area contributed by atoms with Crippen molar-refractivity contribution in [1.29, 1.82) is 0 Å². The van der Waals surface area contributed by atoms with Crippen molar-refractivity contribution in [2.75, 3.05) is 12.3 Å². The molecule has 1 aromatic carbocycles. The Kier molecular flexibility index (Phi) is 5.03. The highest BCUT2D eigenvalue weighted by molar-refractivity contribution is 7.80. The standard InChI is InChI=1S/C12H15NO3S/c1-2-16-12(15)6-5-10(14)8-3-4-9(13)11(17)7-8/h3-4,7,17H,2,5-6,13H2,1H3. The molecule has 1 aromatic rings. The topological polar surface area (TPSA) is 69.4 Å². The largest absolute Gasteiger partial charge is 0.466 e. The third kappa shape index (κ3) is 4.11. The minimum absolute atomic E-state index is 0.0962. The summed E-state index contributed by atoms with van der Waals surface area (Å²) in [6, 6.07) is 4.86. The summed E-state index contributed by atoms with van der Waals surface area (Å²) >= 11 is 4.14. The van der Waals surface area contributed by atoms with Crippen LogP contribution in [0.25, 0.3) is 0 Å². The van der Waals surface area contributed by atoms with Gasteiger partial charge in [0.2, 0.25) is 0 Å². The second kappa shape index (κ2) is 6.30. The maximum atomic E-state index is 11.7. The van der Waals surface area contributed by atoms with Gasteiger partial charge in [0.15, 0.2) is 5.78 Å². The minimum Gasteiger partial charge on any atom is -0.466 e. The Balaban J connectivity index is 2.58. The monoisotopic (exact) mass is 253 g/mol. The van der Waals surface area contributed by atoms with E-state index in [1.165, 1.54) is 0 Å². The number of carbonyl (C=O) groups is 2. The summed E-state index contributed by atoms with van der Waals surface area (Å²) in [5.74, 6) is -0.476. The fourth-order valence-electron chi connectivity index (χ4n) is 1.31. The van der Waals surface area contributed by atoms with E-state index in [2.05, 4.69) is 12.6 Å². The van der Waals surface area contributed by atoms with Crippen LogP contribution in [-0.4, -0.2) is 18.4 Å². The number of carbonyl (C=O) groups excluding carboxylic acids is 2. The van der Waals surface area contributed by atoms with E-state index in [1.54, 1.807) is 25.1 Å². The highest BCUT2D eigenvalue weighted by Gasteiger charge is 2.10. The zero-order valence-electron chi connectivity index (χ0n) is 9.60. The molecule has 0 aliphatic heterocycles. The van der Waals surface area contributed by atoms with E-state index in [9.17, 15) is 9.59 Å². The fraction of sp³-hybridized carbons (Fsp3) is 0.333. The average Bonchev–Trinajstić information content (AvgIpc) is 2.30. The maximum Gasteiger partial charge on any atom is 0.306 e. The van der Waals surface area contributed by atoms with Gasteiger partial charge in [0, 0.05) is 22.6 Å². The lowest BCUT2D eigenvalue weighted by Gasteiger charge is -2.04. The molecule has 0 spiro atoms. The van der Waals surface area contributed by atoms with Crippen LogP contribution in [0.3, 0.4) is 0 Å². The van der Waals surface area contributed by atoms with Crippen molar-refractivity contribution in [2.24, 2.45) is 0 Å². The first-order valence-electron chi connectivity index (χ1n) is 5.32. The summed E-state index contributed by atoms with van der Waals surface area (Å²) in [6.07, 6.45) is 0.231. The van der Waals surface area contributed by atoms with Crippen LogP contribution in [-0.2, 0) is 9.53 Å². The summed E-state index contributed by atoms with van der Waals surface area (Å²) in [5, 5.41) is 0. The Morgan fingerprint density at radius 3 is 2.65 bits per heavy atom. The quantitative estimate of drug-likeness (QED) is 0.365. The van der Waals surface area contributed by atoms with Crippen LogP contribution in [0.15, 0.2) is 23.1 Å². The van der Waals surface area contributed by atoms with E-state index in [0.717, 1.165) is 0 Å². The molecule has 0 aliphatic rings. The number of ketones is 1. The molecule has 17 heavy (non-hydrogen) atoms. The van der Waals surface area contributed by atoms with Crippen molar-refractivity contribution >= 4 is 30.1 Å². The van der Waals surface area contributed by atoms with Crippen LogP contribution in [0.5, 0.6) is 0 Å². The number of anilines is 1. The van der Waals surface area contributed by atoms with Crippen LogP contribution < -0.4 is 5.73 Å². The SMILES string of the molecule is CCOC(=O)CCC(=O)c1ccc(N)c(S)c1. The van der Waals surface area contributed by atoms with Gasteiger partial charge < -0.3 is 10.5 Å². The molecule has 2 N–H and O–H groups in total. The molecule has 0 unspecified atom stereocenters. The van der Waals surface area contributed by atoms with Crippen LogP contribution in [0, 0.1) is 0 Å². The maximum absolute atomic E-state index is 11.7. The number of benzene rings is 1. The molecule has 0 amide bonds. The summed E-state index contributed by atoms with van der Waals surface area (Å²) < 4.78 is 4.74. The number of hydrogen-bond donors (Lipinski definition) is 2. The van der Waals surface area contributed by atoms with Crippen molar-refractivity contribution in [3.05, 3.63) is 23.8 Å². The van der Waals surface area contributed by atoms with Gasteiger partial charge in [-0.1, -0.05) is 0 Å². The molecule has 0 aromatic heterocycles. The molecule has 0 atom stereocenters. The first-order chi connectivity index (χ1) is 8.04. The Morgan fingerprint density at radius 1 is 1.35 bits per heavy atom. The lowest BCUT2D eigenvalue weighted by molar-refractivity contribution is -0.143. The summed E-state index contributed by atoms with van der Waals surface area (Å²) in [5.41, 5.74) is 6.62. The van der Waals surface area contributed by atoms with Gasteiger partial charge in [0.25, 0.3) is 0 Å². The second-order valence-corrected chi connectivity index (χ2v) is 3.98. The summed E-state index contributed by atoms with van der Waals surface area (Å²) in [7, 11) is 0. The summed E-state index contributed by atoms with van der Waals surface area (Å²) in [4.78, 5) is 23.4. The molecule has 92 valence electrons. The van der Waals surface area contributed by atoms with E-state index in [0.29, 0.717) is 22.8 Å². The molecule has 4 nitrogen and oxygen atoms in total. The van der Waals surface area contributed by atoms with Crippen LogP contribution in [0.4, 0.5) is 5.69 Å². The average molecular weight is 253 g/mol. The molecule has 1 rings (SSSR count). The number of esters is 1. The highest BCUT2D eigenvalue weighted by atomic mass is 32.1. The van der Waals surface area contributed by atoms with E-state index < -0.39 is 0 Å². The van der Waals surface area contributed by atoms with Gasteiger partial charge in [0.1, 0.15) is 0 Å². The predicted octanol–water partition coefficient (Wildman–Crippen LogP) is 2.08. The number of rotatable bonds is 5. The molecule has 0 saturated heterocycles. The van der Waals surface area contributed by atoms with Crippen LogP contribution in [0.2, 0.25) is 0 Å². The molecule has 0 saturated carbocycles. The van der Waals surface area contributed by atoms with Gasteiger partial charge in [-0.3, -0.25) is 9.59 Å². The number of hydrogen-bond acceptors (Lipinski definition) is 5. The normalized spacial score (nSPS) is 10.0. The Hall–Kier alpha value is -1.49. The Morgan fingerprint density at radius 2 is 2.06 bits per heavy atom. The van der Waals surface area contributed by atoms with Gasteiger partial charge in [-0.2, -0.15) is 0 Å².